The van der Waals surface area contributed by atoms with Crippen LogP contribution in [0.2, 0.25) is 0 Å². The maximum atomic E-state index is 12.7. The molecule has 0 rings (SSSR count). The van der Waals surface area contributed by atoms with Crippen molar-refractivity contribution >= 4 is 17.9 Å². The van der Waals surface area contributed by atoms with Gasteiger partial charge < -0.3 is 14.2 Å². The lowest BCUT2D eigenvalue weighted by atomic mass is 10.0. The van der Waals surface area contributed by atoms with Crippen molar-refractivity contribution in [1.82, 2.24) is 0 Å². The van der Waals surface area contributed by atoms with E-state index in [0.29, 0.717) is 19.3 Å². The molecule has 0 saturated carbocycles. The molecule has 1 atom stereocenters. The topological polar surface area (TPSA) is 78.9 Å². The molecule has 0 aliphatic heterocycles. The zero-order valence-corrected chi connectivity index (χ0v) is 36.1. The summed E-state index contributed by atoms with van der Waals surface area (Å²) in [5.41, 5.74) is 0. The second kappa shape index (κ2) is 40.1. The van der Waals surface area contributed by atoms with Crippen molar-refractivity contribution in [1.29, 1.82) is 0 Å². The first-order valence-corrected chi connectivity index (χ1v) is 23.2. The van der Waals surface area contributed by atoms with E-state index in [1.807, 2.05) is 0 Å². The van der Waals surface area contributed by atoms with Gasteiger partial charge in [-0.15, -0.1) is 0 Å². The van der Waals surface area contributed by atoms with Gasteiger partial charge in [-0.1, -0.05) is 214 Å². The molecule has 0 aromatic heterocycles. The lowest BCUT2D eigenvalue weighted by Crippen LogP contribution is -2.30. The molecule has 0 saturated heterocycles. The smallest absolute Gasteiger partial charge is 0.306 e. The number of carbonyl (C=O) groups is 3. The van der Waals surface area contributed by atoms with E-state index in [-0.39, 0.29) is 31.1 Å². The number of hydrogen-bond donors (Lipinski definition) is 0. The fraction of sp³-hybridized carbons (Fsp3) is 0.936. The Morgan fingerprint density at radius 3 is 0.925 bits per heavy atom. The molecule has 6 nitrogen and oxygen atoms in total. The van der Waals surface area contributed by atoms with Crippen LogP contribution in [0.1, 0.15) is 253 Å². The van der Waals surface area contributed by atoms with Crippen molar-refractivity contribution in [2.45, 2.75) is 259 Å². The number of ether oxygens (including phenoxy) is 3. The molecule has 314 valence electrons. The number of rotatable bonds is 41. The van der Waals surface area contributed by atoms with Crippen molar-refractivity contribution in [3.63, 3.8) is 0 Å². The highest BCUT2D eigenvalue weighted by atomic mass is 16.6. The van der Waals surface area contributed by atoms with Crippen LogP contribution in [0.5, 0.6) is 0 Å². The quantitative estimate of drug-likeness (QED) is 0.0352. The fourth-order valence-corrected chi connectivity index (χ4v) is 6.93. The summed E-state index contributed by atoms with van der Waals surface area (Å²) in [7, 11) is 0. The zero-order valence-electron chi connectivity index (χ0n) is 36.1. The molecule has 6 heteroatoms. The van der Waals surface area contributed by atoms with Gasteiger partial charge in [-0.2, -0.15) is 0 Å². The van der Waals surface area contributed by atoms with Crippen LogP contribution in [0.25, 0.3) is 0 Å². The Balaban J connectivity index is 4.28. The van der Waals surface area contributed by atoms with E-state index in [4.69, 9.17) is 14.2 Å². The van der Waals surface area contributed by atoms with Crippen LogP contribution < -0.4 is 0 Å². The molecular weight excluding hydrogens is 661 g/mol. The van der Waals surface area contributed by atoms with E-state index in [2.05, 4.69) is 34.6 Å². The first kappa shape index (κ1) is 51.4. The maximum Gasteiger partial charge on any atom is 0.306 e. The van der Waals surface area contributed by atoms with E-state index in [9.17, 15) is 14.4 Å². The summed E-state index contributed by atoms with van der Waals surface area (Å²) in [5.74, 6) is 0.693. The standard InChI is InChI=1S/C47H90O6/c1-6-7-8-9-10-11-12-13-14-15-16-17-21-27-32-37-45(48)51-40-44(53-47(50)39-34-29-24-23-26-31-36-43(4)5)41-52-46(49)38-33-28-22-19-18-20-25-30-35-42(2)3/h42-44H,6-41H2,1-5H3/t44-/m1/s1. The van der Waals surface area contributed by atoms with E-state index < -0.39 is 6.10 Å². The average molecular weight is 751 g/mol. The zero-order chi connectivity index (χ0) is 39.0. The molecule has 0 heterocycles. The van der Waals surface area contributed by atoms with Crippen LogP contribution in [0.4, 0.5) is 0 Å². The van der Waals surface area contributed by atoms with Crippen molar-refractivity contribution in [2.75, 3.05) is 13.2 Å². The Morgan fingerprint density at radius 2 is 0.623 bits per heavy atom. The third-order valence-electron chi connectivity index (χ3n) is 10.5. The molecule has 0 fully saturated rings. The summed E-state index contributed by atoms with van der Waals surface area (Å²) in [6, 6.07) is 0. The Hall–Kier alpha value is -1.59. The highest BCUT2D eigenvalue weighted by Crippen LogP contribution is 2.16. The first-order valence-electron chi connectivity index (χ1n) is 23.2. The lowest BCUT2D eigenvalue weighted by molar-refractivity contribution is -0.167. The minimum absolute atomic E-state index is 0.0659. The van der Waals surface area contributed by atoms with Gasteiger partial charge in [-0.25, -0.2) is 0 Å². The molecule has 0 amide bonds. The normalized spacial score (nSPS) is 12.1. The molecule has 0 aromatic carbocycles. The molecule has 0 aliphatic carbocycles. The summed E-state index contributed by atoms with van der Waals surface area (Å²) in [5, 5.41) is 0. The van der Waals surface area contributed by atoms with Crippen molar-refractivity contribution in [2.24, 2.45) is 11.8 Å². The molecule has 0 aromatic rings. The van der Waals surface area contributed by atoms with Crippen LogP contribution in [0.3, 0.4) is 0 Å². The molecule has 0 spiro atoms. The summed E-state index contributed by atoms with van der Waals surface area (Å²) >= 11 is 0. The van der Waals surface area contributed by atoms with Crippen molar-refractivity contribution in [3.8, 4) is 0 Å². The van der Waals surface area contributed by atoms with E-state index in [1.165, 1.54) is 141 Å². The molecule has 53 heavy (non-hydrogen) atoms. The molecular formula is C47H90O6. The largest absolute Gasteiger partial charge is 0.462 e. The van der Waals surface area contributed by atoms with Crippen LogP contribution in [-0.4, -0.2) is 37.2 Å². The number of carbonyl (C=O) groups excluding carboxylic acids is 3. The Morgan fingerprint density at radius 1 is 0.358 bits per heavy atom. The average Bonchev–Trinajstić information content (AvgIpc) is 3.12. The second-order valence-electron chi connectivity index (χ2n) is 17.0. The fourth-order valence-electron chi connectivity index (χ4n) is 6.93. The third kappa shape index (κ3) is 41.4. The van der Waals surface area contributed by atoms with Gasteiger partial charge in [0, 0.05) is 19.3 Å². The van der Waals surface area contributed by atoms with Gasteiger partial charge in [0.2, 0.25) is 0 Å². The van der Waals surface area contributed by atoms with E-state index in [1.54, 1.807) is 0 Å². The predicted octanol–water partition coefficient (Wildman–Crippen LogP) is 14.6. The monoisotopic (exact) mass is 751 g/mol. The first-order chi connectivity index (χ1) is 25.7. The molecule has 0 bridgehead atoms. The van der Waals surface area contributed by atoms with Crippen LogP contribution in [0.15, 0.2) is 0 Å². The molecule has 0 unspecified atom stereocenters. The minimum atomic E-state index is -0.761. The van der Waals surface area contributed by atoms with E-state index >= 15 is 0 Å². The summed E-state index contributed by atoms with van der Waals surface area (Å²) in [6.45, 7) is 11.2. The minimum Gasteiger partial charge on any atom is -0.462 e. The molecule has 0 N–H and O–H groups in total. The lowest BCUT2D eigenvalue weighted by Gasteiger charge is -2.18. The van der Waals surface area contributed by atoms with Gasteiger partial charge >= 0.3 is 17.9 Å². The van der Waals surface area contributed by atoms with Gasteiger partial charge in [0.05, 0.1) is 0 Å². The Kier molecular flexibility index (Phi) is 38.9. The van der Waals surface area contributed by atoms with Crippen LogP contribution in [-0.2, 0) is 28.6 Å². The summed E-state index contributed by atoms with van der Waals surface area (Å²) in [4.78, 5) is 37.7. The van der Waals surface area contributed by atoms with Crippen LogP contribution in [0, 0.1) is 11.8 Å². The van der Waals surface area contributed by atoms with Gasteiger partial charge in [-0.05, 0) is 31.1 Å². The van der Waals surface area contributed by atoms with Gasteiger partial charge in [0.15, 0.2) is 6.10 Å². The van der Waals surface area contributed by atoms with Gasteiger partial charge in [0.25, 0.3) is 0 Å². The van der Waals surface area contributed by atoms with Crippen molar-refractivity contribution in [3.05, 3.63) is 0 Å². The highest BCUT2D eigenvalue weighted by Gasteiger charge is 2.19. The number of hydrogen-bond acceptors (Lipinski definition) is 6. The summed E-state index contributed by atoms with van der Waals surface area (Å²) < 4.78 is 16.7. The molecule has 0 aliphatic rings. The maximum absolute atomic E-state index is 12.7. The van der Waals surface area contributed by atoms with Crippen LogP contribution >= 0.6 is 0 Å². The Labute approximate surface area is 329 Å². The Bertz CT molecular complexity index is 809. The molecule has 0 radical (unpaired) electrons. The number of esters is 3. The van der Waals surface area contributed by atoms with E-state index in [0.717, 1.165) is 69.6 Å². The SMILES string of the molecule is CCCCCCCCCCCCCCCCCC(=O)OC[C@H](COC(=O)CCCCCCCCCCC(C)C)OC(=O)CCCCCCCCC(C)C. The van der Waals surface area contributed by atoms with Gasteiger partial charge in [-0.3, -0.25) is 14.4 Å². The predicted molar refractivity (Wildman–Crippen MR) is 224 cm³/mol. The highest BCUT2D eigenvalue weighted by molar-refractivity contribution is 5.71. The second-order valence-corrected chi connectivity index (χ2v) is 17.0. The van der Waals surface area contributed by atoms with Gasteiger partial charge in [0.1, 0.15) is 13.2 Å². The third-order valence-corrected chi connectivity index (χ3v) is 10.5. The van der Waals surface area contributed by atoms with Crippen molar-refractivity contribution < 1.29 is 28.6 Å². The number of unbranched alkanes of at least 4 members (excludes halogenated alkanes) is 26. The summed E-state index contributed by atoms with van der Waals surface area (Å²) in [6.07, 6.45) is 38.2.